The Morgan fingerprint density at radius 3 is 2.50 bits per heavy atom. The van der Waals surface area contributed by atoms with Crippen LogP contribution in [0.1, 0.15) is 36.9 Å². The van der Waals surface area contributed by atoms with Crippen molar-refractivity contribution in [3.8, 4) is 0 Å². The second-order valence-corrected chi connectivity index (χ2v) is 4.57. The van der Waals surface area contributed by atoms with Gasteiger partial charge in [0, 0.05) is 11.3 Å². The van der Waals surface area contributed by atoms with E-state index in [0.717, 1.165) is 0 Å². The molecule has 7 heteroatoms. The molecule has 7 nitrogen and oxygen atoms in total. The van der Waals surface area contributed by atoms with Gasteiger partial charge in [-0.15, -0.1) is 0 Å². The fraction of sp³-hybridized carbons (Fsp3) is 0.133. The molecule has 0 bridgehead atoms. The second kappa shape index (κ2) is 6.13. The van der Waals surface area contributed by atoms with Crippen LogP contribution in [0.25, 0.3) is 0 Å². The number of carbonyl (C=O) groups excluding carboxylic acids is 2. The van der Waals surface area contributed by atoms with Crippen LogP contribution in [0.4, 0.5) is 5.69 Å². The van der Waals surface area contributed by atoms with E-state index < -0.39 is 17.8 Å². The number of amides is 1. The van der Waals surface area contributed by atoms with Crippen molar-refractivity contribution in [2.24, 2.45) is 0 Å². The molecule has 0 atom stereocenters. The molecule has 22 heavy (non-hydrogen) atoms. The van der Waals surface area contributed by atoms with Gasteiger partial charge in [0.2, 0.25) is 0 Å². The van der Waals surface area contributed by atoms with Crippen LogP contribution in [0.15, 0.2) is 30.3 Å². The number of H-pyrrole nitrogens is 1. The van der Waals surface area contributed by atoms with Crippen LogP contribution in [0.2, 0.25) is 0 Å². The molecule has 1 amide bonds. The molecule has 114 valence electrons. The highest BCUT2D eigenvalue weighted by Crippen LogP contribution is 2.19. The Morgan fingerprint density at radius 1 is 1.18 bits per heavy atom. The third kappa shape index (κ3) is 3.14. The predicted molar refractivity (Wildman–Crippen MR) is 78.2 cm³/mol. The number of hydrogen-bond donors (Lipinski definition) is 3. The van der Waals surface area contributed by atoms with E-state index in [-0.39, 0.29) is 22.5 Å². The summed E-state index contributed by atoms with van der Waals surface area (Å²) >= 11 is 0. The SMILES string of the molecule is COC(=O)c1[nH]c(C)cc1NC(=O)c1cccc(C(=O)O)c1. The molecule has 1 aromatic carbocycles. The Labute approximate surface area is 125 Å². The molecule has 3 N–H and O–H groups in total. The average Bonchev–Trinajstić information content (AvgIpc) is 2.87. The number of carboxylic acid groups (broad SMARTS) is 1. The summed E-state index contributed by atoms with van der Waals surface area (Å²) in [7, 11) is 1.24. The minimum absolute atomic E-state index is 0.00564. The van der Waals surface area contributed by atoms with E-state index in [0.29, 0.717) is 5.69 Å². The molecule has 0 aliphatic rings. The lowest BCUT2D eigenvalue weighted by Crippen LogP contribution is -2.15. The van der Waals surface area contributed by atoms with Crippen LogP contribution in [-0.4, -0.2) is 35.0 Å². The molecule has 0 fully saturated rings. The zero-order valence-electron chi connectivity index (χ0n) is 12.0. The van der Waals surface area contributed by atoms with Crippen molar-refractivity contribution in [3.05, 3.63) is 52.8 Å². The molecule has 1 aromatic heterocycles. The Hall–Kier alpha value is -3.09. The first-order valence-electron chi connectivity index (χ1n) is 6.35. The Kier molecular flexibility index (Phi) is 4.26. The first-order chi connectivity index (χ1) is 10.4. The quantitative estimate of drug-likeness (QED) is 0.749. The summed E-state index contributed by atoms with van der Waals surface area (Å²) in [4.78, 5) is 37.5. The van der Waals surface area contributed by atoms with E-state index in [1.165, 1.54) is 31.4 Å². The van der Waals surface area contributed by atoms with Crippen molar-refractivity contribution in [2.45, 2.75) is 6.92 Å². The number of carbonyl (C=O) groups is 3. The number of aromatic nitrogens is 1. The monoisotopic (exact) mass is 302 g/mol. The third-order valence-electron chi connectivity index (χ3n) is 2.96. The van der Waals surface area contributed by atoms with Gasteiger partial charge in [-0.05, 0) is 31.2 Å². The van der Waals surface area contributed by atoms with Crippen molar-refractivity contribution >= 4 is 23.5 Å². The maximum atomic E-state index is 12.2. The van der Waals surface area contributed by atoms with Gasteiger partial charge in [0.25, 0.3) is 5.91 Å². The van der Waals surface area contributed by atoms with Gasteiger partial charge in [-0.3, -0.25) is 4.79 Å². The number of benzene rings is 1. The fourth-order valence-corrected chi connectivity index (χ4v) is 1.94. The minimum atomic E-state index is -1.12. The average molecular weight is 302 g/mol. The summed E-state index contributed by atoms with van der Waals surface area (Å²) in [5.41, 5.74) is 1.26. The van der Waals surface area contributed by atoms with Crippen LogP contribution < -0.4 is 5.32 Å². The number of carboxylic acids is 1. The van der Waals surface area contributed by atoms with Gasteiger partial charge < -0.3 is 20.1 Å². The van der Waals surface area contributed by atoms with Crippen molar-refractivity contribution < 1.29 is 24.2 Å². The number of anilines is 1. The van der Waals surface area contributed by atoms with Gasteiger partial charge in [0.05, 0.1) is 18.4 Å². The summed E-state index contributed by atoms with van der Waals surface area (Å²) in [6, 6.07) is 7.20. The molecule has 0 unspecified atom stereocenters. The number of methoxy groups -OCH3 is 1. The zero-order valence-corrected chi connectivity index (χ0v) is 12.0. The number of aryl methyl sites for hydroxylation is 1. The molecule has 0 saturated carbocycles. The van der Waals surface area contributed by atoms with Crippen LogP contribution in [0, 0.1) is 6.92 Å². The number of hydrogen-bond acceptors (Lipinski definition) is 4. The number of aromatic carboxylic acids is 1. The molecular formula is C15H14N2O5. The molecule has 0 aliphatic carbocycles. The van der Waals surface area contributed by atoms with E-state index in [1.807, 2.05) is 0 Å². The lowest BCUT2D eigenvalue weighted by molar-refractivity contribution is 0.0595. The molecule has 0 spiro atoms. The Bertz CT molecular complexity index is 748. The predicted octanol–water partition coefficient (Wildman–Crippen LogP) is 2.06. The summed E-state index contributed by atoms with van der Waals surface area (Å²) in [6.45, 7) is 1.73. The summed E-state index contributed by atoms with van der Waals surface area (Å²) in [5.74, 6) is -2.25. The third-order valence-corrected chi connectivity index (χ3v) is 2.96. The Balaban J connectivity index is 2.28. The number of rotatable bonds is 4. The van der Waals surface area contributed by atoms with Crippen molar-refractivity contribution in [2.75, 3.05) is 12.4 Å². The maximum absolute atomic E-state index is 12.2. The largest absolute Gasteiger partial charge is 0.478 e. The smallest absolute Gasteiger partial charge is 0.356 e. The number of esters is 1. The van der Waals surface area contributed by atoms with Gasteiger partial charge in [-0.2, -0.15) is 0 Å². The minimum Gasteiger partial charge on any atom is -0.478 e. The molecule has 0 radical (unpaired) electrons. The normalized spacial score (nSPS) is 10.1. The topological polar surface area (TPSA) is 108 Å². The number of nitrogens with one attached hydrogen (secondary N) is 2. The first kappa shape index (κ1) is 15.3. The number of ether oxygens (including phenoxy) is 1. The lowest BCUT2D eigenvalue weighted by atomic mass is 10.1. The molecule has 0 saturated heterocycles. The van der Waals surface area contributed by atoms with E-state index >= 15 is 0 Å². The van der Waals surface area contributed by atoms with Crippen LogP contribution in [0.5, 0.6) is 0 Å². The van der Waals surface area contributed by atoms with Gasteiger partial charge in [0.15, 0.2) is 0 Å². The van der Waals surface area contributed by atoms with Crippen LogP contribution >= 0.6 is 0 Å². The molecule has 0 aliphatic heterocycles. The molecule has 1 heterocycles. The molecule has 2 aromatic rings. The van der Waals surface area contributed by atoms with Crippen molar-refractivity contribution in [1.29, 1.82) is 0 Å². The standard InChI is InChI=1S/C15H14N2O5/c1-8-6-11(12(16-8)15(21)22-2)17-13(18)9-4-3-5-10(7-9)14(19)20/h3-7,16H,1-2H3,(H,17,18)(H,19,20). The van der Waals surface area contributed by atoms with Gasteiger partial charge in [-0.1, -0.05) is 6.07 Å². The van der Waals surface area contributed by atoms with Crippen LogP contribution in [0.3, 0.4) is 0 Å². The highest BCUT2D eigenvalue weighted by Gasteiger charge is 2.18. The molecular weight excluding hydrogens is 288 g/mol. The van der Waals surface area contributed by atoms with Crippen molar-refractivity contribution in [1.82, 2.24) is 4.98 Å². The van der Waals surface area contributed by atoms with Crippen molar-refractivity contribution in [3.63, 3.8) is 0 Å². The summed E-state index contributed by atoms with van der Waals surface area (Å²) in [5, 5.41) is 11.5. The first-order valence-corrected chi connectivity index (χ1v) is 6.35. The summed E-state index contributed by atoms with van der Waals surface area (Å²) < 4.78 is 4.63. The molecule has 2 rings (SSSR count). The van der Waals surface area contributed by atoms with E-state index in [4.69, 9.17) is 5.11 Å². The number of aromatic amines is 1. The highest BCUT2D eigenvalue weighted by atomic mass is 16.5. The second-order valence-electron chi connectivity index (χ2n) is 4.57. The van der Waals surface area contributed by atoms with Gasteiger partial charge in [-0.25, -0.2) is 9.59 Å². The fourth-order valence-electron chi connectivity index (χ4n) is 1.94. The highest BCUT2D eigenvalue weighted by molar-refractivity contribution is 6.08. The zero-order chi connectivity index (χ0) is 16.3. The Morgan fingerprint density at radius 2 is 1.86 bits per heavy atom. The summed E-state index contributed by atoms with van der Waals surface area (Å²) in [6.07, 6.45) is 0. The van der Waals surface area contributed by atoms with Gasteiger partial charge in [0.1, 0.15) is 5.69 Å². The maximum Gasteiger partial charge on any atom is 0.356 e. The van der Waals surface area contributed by atoms with Gasteiger partial charge >= 0.3 is 11.9 Å². The van der Waals surface area contributed by atoms with Crippen LogP contribution in [-0.2, 0) is 4.74 Å². The lowest BCUT2D eigenvalue weighted by Gasteiger charge is -2.06. The van der Waals surface area contributed by atoms with E-state index in [2.05, 4.69) is 15.0 Å². The van der Waals surface area contributed by atoms with E-state index in [9.17, 15) is 14.4 Å². The van der Waals surface area contributed by atoms with E-state index in [1.54, 1.807) is 13.0 Å².